The Morgan fingerprint density at radius 1 is 1.19 bits per heavy atom. The van der Waals surface area contributed by atoms with Crippen LogP contribution in [0.2, 0.25) is 0 Å². The van der Waals surface area contributed by atoms with Gasteiger partial charge in [-0.25, -0.2) is 0 Å². The first kappa shape index (κ1) is 16.4. The molecule has 2 atom stereocenters. The lowest BCUT2D eigenvalue weighted by molar-refractivity contribution is 0.217. The van der Waals surface area contributed by atoms with Crippen LogP contribution in [0.4, 0.5) is 0 Å². The summed E-state index contributed by atoms with van der Waals surface area (Å²) in [5.74, 6) is 2.43. The van der Waals surface area contributed by atoms with Crippen LogP contribution in [-0.2, 0) is 0 Å². The summed E-state index contributed by atoms with van der Waals surface area (Å²) in [6.07, 6.45) is 6.63. The summed E-state index contributed by atoms with van der Waals surface area (Å²) >= 11 is 0. The zero-order valence-corrected chi connectivity index (χ0v) is 13.9. The van der Waals surface area contributed by atoms with Crippen molar-refractivity contribution < 1.29 is 4.74 Å². The first-order chi connectivity index (χ1) is 10.3. The molecule has 1 aliphatic carbocycles. The molecule has 1 aromatic carbocycles. The van der Waals surface area contributed by atoms with E-state index in [-0.39, 0.29) is 0 Å². The highest BCUT2D eigenvalue weighted by molar-refractivity contribution is 5.35. The molecule has 0 bridgehead atoms. The lowest BCUT2D eigenvalue weighted by Gasteiger charge is -2.25. The van der Waals surface area contributed by atoms with Crippen molar-refractivity contribution in [2.24, 2.45) is 5.92 Å². The summed E-state index contributed by atoms with van der Waals surface area (Å²) in [6.45, 7) is 8.53. The van der Waals surface area contributed by atoms with E-state index < -0.39 is 0 Å². The average molecular weight is 289 g/mol. The van der Waals surface area contributed by atoms with Gasteiger partial charge in [-0.15, -0.1) is 0 Å². The zero-order valence-electron chi connectivity index (χ0n) is 13.9. The van der Waals surface area contributed by atoms with E-state index in [1.807, 2.05) is 0 Å². The summed E-state index contributed by atoms with van der Waals surface area (Å²) in [7, 11) is 0. The van der Waals surface area contributed by atoms with Gasteiger partial charge in [0, 0.05) is 6.04 Å². The second-order valence-electron chi connectivity index (χ2n) is 6.37. The Labute approximate surface area is 130 Å². The van der Waals surface area contributed by atoms with Crippen LogP contribution >= 0.6 is 0 Å². The molecule has 0 radical (unpaired) electrons. The Bertz CT molecular complexity index is 412. The number of hydrogen-bond donors (Lipinski definition) is 1. The number of rotatable bonds is 8. The van der Waals surface area contributed by atoms with Crippen LogP contribution in [0.15, 0.2) is 24.3 Å². The molecular formula is C19H31NO. The largest absolute Gasteiger partial charge is 0.492 e. The van der Waals surface area contributed by atoms with Crippen molar-refractivity contribution in [3.05, 3.63) is 29.8 Å². The first-order valence-corrected chi connectivity index (χ1v) is 8.71. The van der Waals surface area contributed by atoms with Crippen LogP contribution in [-0.4, -0.2) is 19.2 Å². The quantitative estimate of drug-likeness (QED) is 0.746. The molecule has 21 heavy (non-hydrogen) atoms. The maximum Gasteiger partial charge on any atom is 0.122 e. The van der Waals surface area contributed by atoms with Gasteiger partial charge in [-0.1, -0.05) is 51.8 Å². The molecule has 0 amide bonds. The molecule has 118 valence electrons. The van der Waals surface area contributed by atoms with Gasteiger partial charge in [-0.2, -0.15) is 0 Å². The highest BCUT2D eigenvalue weighted by atomic mass is 16.5. The first-order valence-electron chi connectivity index (χ1n) is 8.71. The molecule has 0 aromatic heterocycles. The van der Waals surface area contributed by atoms with E-state index in [0.717, 1.165) is 31.2 Å². The molecule has 0 saturated heterocycles. The van der Waals surface area contributed by atoms with Crippen LogP contribution in [0.5, 0.6) is 5.75 Å². The van der Waals surface area contributed by atoms with Gasteiger partial charge in [0.05, 0.1) is 0 Å². The monoisotopic (exact) mass is 289 g/mol. The lowest BCUT2D eigenvalue weighted by Crippen LogP contribution is -2.40. The minimum atomic E-state index is 0.502. The van der Waals surface area contributed by atoms with Crippen LogP contribution in [0.25, 0.3) is 0 Å². The molecular weight excluding hydrogens is 258 g/mol. The van der Waals surface area contributed by atoms with Crippen molar-refractivity contribution in [3.8, 4) is 5.75 Å². The molecule has 2 unspecified atom stereocenters. The minimum absolute atomic E-state index is 0.502. The fourth-order valence-electron chi connectivity index (χ4n) is 3.40. The summed E-state index contributed by atoms with van der Waals surface area (Å²) in [4.78, 5) is 0. The van der Waals surface area contributed by atoms with Crippen LogP contribution in [0.1, 0.15) is 64.4 Å². The van der Waals surface area contributed by atoms with E-state index in [4.69, 9.17) is 4.74 Å². The number of hydrogen-bond acceptors (Lipinski definition) is 2. The zero-order chi connectivity index (χ0) is 15.1. The highest BCUT2D eigenvalue weighted by Crippen LogP contribution is 2.31. The van der Waals surface area contributed by atoms with Crippen molar-refractivity contribution in [1.29, 1.82) is 0 Å². The normalized spacial score (nSPS) is 18.6. The van der Waals surface area contributed by atoms with E-state index in [1.165, 1.54) is 31.2 Å². The topological polar surface area (TPSA) is 21.3 Å². The van der Waals surface area contributed by atoms with Gasteiger partial charge in [-0.3, -0.25) is 0 Å². The summed E-state index contributed by atoms with van der Waals surface area (Å²) in [6, 6.07) is 9.04. The fraction of sp³-hybridized carbons (Fsp3) is 0.684. The lowest BCUT2D eigenvalue weighted by atomic mass is 9.97. The van der Waals surface area contributed by atoms with Gasteiger partial charge >= 0.3 is 0 Å². The van der Waals surface area contributed by atoms with Gasteiger partial charge in [0.2, 0.25) is 0 Å². The van der Waals surface area contributed by atoms with E-state index in [1.54, 1.807) is 0 Å². The predicted octanol–water partition coefficient (Wildman–Crippen LogP) is 4.75. The van der Waals surface area contributed by atoms with Crippen LogP contribution in [0, 0.1) is 5.92 Å². The van der Waals surface area contributed by atoms with Crippen molar-refractivity contribution in [2.75, 3.05) is 13.2 Å². The summed E-state index contributed by atoms with van der Waals surface area (Å²) < 4.78 is 6.22. The molecule has 1 fully saturated rings. The second-order valence-corrected chi connectivity index (χ2v) is 6.37. The fourth-order valence-corrected chi connectivity index (χ4v) is 3.40. The molecule has 0 aliphatic heterocycles. The van der Waals surface area contributed by atoms with Crippen molar-refractivity contribution in [1.82, 2.24) is 5.32 Å². The third-order valence-electron chi connectivity index (χ3n) is 4.92. The third-order valence-corrected chi connectivity index (χ3v) is 4.92. The SMILES string of the molecule is CCNC(COc1ccccc1C(C)CC)C1CCCC1. The molecule has 0 heterocycles. The molecule has 1 aliphatic rings. The number of para-hydroxylation sites is 1. The molecule has 2 heteroatoms. The highest BCUT2D eigenvalue weighted by Gasteiger charge is 2.25. The summed E-state index contributed by atoms with van der Waals surface area (Å²) in [5, 5.41) is 3.63. The van der Waals surface area contributed by atoms with E-state index in [2.05, 4.69) is 50.4 Å². The van der Waals surface area contributed by atoms with Crippen molar-refractivity contribution in [3.63, 3.8) is 0 Å². The van der Waals surface area contributed by atoms with E-state index in [9.17, 15) is 0 Å². The van der Waals surface area contributed by atoms with Gasteiger partial charge < -0.3 is 10.1 Å². The molecule has 2 nitrogen and oxygen atoms in total. The van der Waals surface area contributed by atoms with Gasteiger partial charge in [0.15, 0.2) is 0 Å². The smallest absolute Gasteiger partial charge is 0.122 e. The van der Waals surface area contributed by atoms with Gasteiger partial charge in [0.1, 0.15) is 12.4 Å². The number of benzene rings is 1. The van der Waals surface area contributed by atoms with E-state index in [0.29, 0.717) is 12.0 Å². The third kappa shape index (κ3) is 4.47. The Kier molecular flexibility index (Phi) is 6.56. The standard InChI is InChI=1S/C19H31NO/c1-4-15(3)17-12-8-9-13-19(17)21-14-18(20-5-2)16-10-6-7-11-16/h8-9,12-13,15-16,18,20H,4-7,10-11,14H2,1-3H3. The molecule has 1 aromatic rings. The summed E-state index contributed by atoms with van der Waals surface area (Å²) in [5.41, 5.74) is 1.35. The Balaban J connectivity index is 1.99. The van der Waals surface area contributed by atoms with Crippen LogP contribution < -0.4 is 10.1 Å². The predicted molar refractivity (Wildman–Crippen MR) is 90.1 cm³/mol. The van der Waals surface area contributed by atoms with Gasteiger partial charge in [0.25, 0.3) is 0 Å². The maximum absolute atomic E-state index is 6.22. The Morgan fingerprint density at radius 3 is 2.57 bits per heavy atom. The van der Waals surface area contributed by atoms with Crippen molar-refractivity contribution >= 4 is 0 Å². The Morgan fingerprint density at radius 2 is 1.90 bits per heavy atom. The van der Waals surface area contributed by atoms with E-state index >= 15 is 0 Å². The molecule has 1 N–H and O–H groups in total. The average Bonchev–Trinajstić information content (AvgIpc) is 3.05. The van der Waals surface area contributed by atoms with Gasteiger partial charge in [-0.05, 0) is 49.3 Å². The van der Waals surface area contributed by atoms with Crippen molar-refractivity contribution in [2.45, 2.75) is 64.8 Å². The molecule has 2 rings (SSSR count). The van der Waals surface area contributed by atoms with Crippen LogP contribution in [0.3, 0.4) is 0 Å². The number of nitrogens with one attached hydrogen (secondary N) is 1. The molecule has 1 saturated carbocycles. The Hall–Kier alpha value is -1.02. The molecule has 0 spiro atoms. The maximum atomic E-state index is 6.22. The number of ether oxygens (including phenoxy) is 1. The second kappa shape index (κ2) is 8.43. The number of likely N-dealkylation sites (N-methyl/N-ethyl adjacent to an activating group) is 1. The minimum Gasteiger partial charge on any atom is -0.492 e.